The summed E-state index contributed by atoms with van der Waals surface area (Å²) in [6.45, 7) is 12.0. The number of fused-ring (bicyclic) bond motifs is 3. The summed E-state index contributed by atoms with van der Waals surface area (Å²) >= 11 is 2.98. The van der Waals surface area contributed by atoms with Crippen molar-refractivity contribution in [3.05, 3.63) is 52.5 Å². The van der Waals surface area contributed by atoms with E-state index >= 15 is 0 Å². The standard InChI is InChI=1S/C42H54N8O6S3/c1-24(2)31-23-58-36(44-31)28-13-11-15-32-34(28)46-40(50(32)25(3)4)56-27-20-33-35(51)47-42(38(53)48-59(54,55)41(6)16-17-41)21-29(42)26(5)12-9-7-8-10-14-30(37(52)49(33)22-27)45-39-43-18-19-57-39/h11-13,15,18-19,23-25,27,29-30,33H,7-10,14,16-17,20-22H2,1-6H3,(H,43,45)(H,47,51)(H,48,53). The van der Waals surface area contributed by atoms with Crippen molar-refractivity contribution < 1.29 is 27.5 Å². The van der Waals surface area contributed by atoms with Crippen LogP contribution in [0.25, 0.3) is 21.6 Å². The first kappa shape index (κ1) is 41.4. The van der Waals surface area contributed by atoms with Gasteiger partial charge in [-0.05, 0) is 84.3 Å². The molecule has 1 aromatic carbocycles. The number of rotatable bonds is 10. The number of hydrogen-bond acceptors (Lipinski definition) is 12. The molecule has 4 aliphatic rings. The molecule has 3 fully saturated rings. The van der Waals surface area contributed by atoms with Gasteiger partial charge in [0.15, 0.2) is 5.13 Å². The number of thiazole rings is 2. The molecule has 2 aliphatic heterocycles. The fourth-order valence-electron chi connectivity index (χ4n) is 8.44. The molecule has 5 unspecified atom stereocenters. The summed E-state index contributed by atoms with van der Waals surface area (Å²) in [6, 6.07) is 4.69. The predicted molar refractivity (Wildman–Crippen MR) is 230 cm³/mol. The van der Waals surface area contributed by atoms with E-state index in [-0.39, 0.29) is 43.2 Å². The van der Waals surface area contributed by atoms with Crippen LogP contribution in [0, 0.1) is 5.92 Å². The highest BCUT2D eigenvalue weighted by Gasteiger charge is 2.64. The maximum atomic E-state index is 14.8. The van der Waals surface area contributed by atoms with Crippen LogP contribution in [0.2, 0.25) is 0 Å². The van der Waals surface area contributed by atoms with Gasteiger partial charge in [-0.3, -0.25) is 23.7 Å². The number of allylic oxidation sites excluding steroid dienone is 1. The lowest BCUT2D eigenvalue weighted by Crippen LogP contribution is -2.58. The van der Waals surface area contributed by atoms with Gasteiger partial charge < -0.3 is 20.3 Å². The van der Waals surface area contributed by atoms with Crippen LogP contribution >= 0.6 is 22.7 Å². The molecule has 2 aliphatic carbocycles. The first-order valence-corrected chi connectivity index (χ1v) is 24.0. The minimum Gasteiger partial charge on any atom is -0.459 e. The summed E-state index contributed by atoms with van der Waals surface area (Å²) < 4.78 is 36.8. The Labute approximate surface area is 353 Å². The number of anilines is 1. The minimum atomic E-state index is -3.98. The summed E-state index contributed by atoms with van der Waals surface area (Å²) in [5, 5.41) is 11.8. The summed E-state index contributed by atoms with van der Waals surface area (Å²) in [5.74, 6) is -1.64. The third-order valence-electron chi connectivity index (χ3n) is 12.5. The molecule has 59 heavy (non-hydrogen) atoms. The summed E-state index contributed by atoms with van der Waals surface area (Å²) in [5.41, 5.74) is 3.01. The normalized spacial score (nSPS) is 26.1. The van der Waals surface area contributed by atoms with Gasteiger partial charge in [0.2, 0.25) is 21.8 Å². The number of para-hydroxylation sites is 1. The first-order valence-electron chi connectivity index (χ1n) is 20.8. The minimum absolute atomic E-state index is 0.0351. The number of aromatic nitrogens is 4. The molecular formula is C42H54N8O6S3. The number of nitrogens with one attached hydrogen (secondary N) is 3. The van der Waals surface area contributed by atoms with Crippen LogP contribution in [-0.2, 0) is 24.4 Å². The molecule has 1 saturated heterocycles. The second kappa shape index (κ2) is 15.9. The Hall–Kier alpha value is -4.35. The maximum Gasteiger partial charge on any atom is 0.297 e. The molecule has 17 heteroatoms. The molecule has 5 heterocycles. The van der Waals surface area contributed by atoms with Crippen molar-refractivity contribution in [2.75, 3.05) is 11.9 Å². The number of benzene rings is 1. The zero-order chi connectivity index (χ0) is 41.9. The number of carbonyl (C=O) groups is 3. The number of amides is 3. The van der Waals surface area contributed by atoms with Crippen molar-refractivity contribution in [1.29, 1.82) is 0 Å². The van der Waals surface area contributed by atoms with Crippen LogP contribution in [0.3, 0.4) is 0 Å². The van der Waals surface area contributed by atoms with E-state index in [1.807, 2.05) is 35.1 Å². The Morgan fingerprint density at radius 2 is 1.88 bits per heavy atom. The lowest BCUT2D eigenvalue weighted by atomic mass is 10.0. The topological polar surface area (TPSA) is 178 Å². The molecule has 4 aromatic rings. The van der Waals surface area contributed by atoms with Crippen LogP contribution < -0.4 is 20.1 Å². The fourth-order valence-corrected chi connectivity index (χ4v) is 11.3. The molecule has 3 amide bonds. The Bertz CT molecular complexity index is 2380. The van der Waals surface area contributed by atoms with E-state index in [4.69, 9.17) is 14.7 Å². The zero-order valence-electron chi connectivity index (χ0n) is 34.5. The number of sulfonamides is 1. The molecule has 3 aromatic heterocycles. The molecular weight excluding hydrogens is 809 g/mol. The second-order valence-corrected chi connectivity index (χ2v) is 21.4. The van der Waals surface area contributed by atoms with Gasteiger partial charge in [-0.15, -0.1) is 22.7 Å². The van der Waals surface area contributed by atoms with E-state index in [2.05, 4.69) is 59.5 Å². The van der Waals surface area contributed by atoms with E-state index in [0.717, 1.165) is 58.6 Å². The van der Waals surface area contributed by atoms with Gasteiger partial charge in [-0.1, -0.05) is 44.4 Å². The van der Waals surface area contributed by atoms with Crippen molar-refractivity contribution in [2.24, 2.45) is 5.92 Å². The Kier molecular flexibility index (Phi) is 11.2. The average Bonchev–Trinajstić information content (AvgIpc) is 3.70. The molecule has 5 atom stereocenters. The third-order valence-corrected chi connectivity index (χ3v) is 16.2. The molecule has 2 saturated carbocycles. The van der Waals surface area contributed by atoms with Crippen molar-refractivity contribution in [3.63, 3.8) is 0 Å². The van der Waals surface area contributed by atoms with Crippen molar-refractivity contribution in [2.45, 2.75) is 140 Å². The van der Waals surface area contributed by atoms with Crippen LogP contribution in [0.15, 0.2) is 46.8 Å². The lowest BCUT2D eigenvalue weighted by molar-refractivity contribution is -0.140. The Morgan fingerprint density at radius 1 is 1.08 bits per heavy atom. The van der Waals surface area contributed by atoms with Crippen LogP contribution in [0.4, 0.5) is 5.13 Å². The number of nitrogens with zero attached hydrogens (tertiary/aromatic N) is 5. The first-order chi connectivity index (χ1) is 28.1. The van der Waals surface area contributed by atoms with Gasteiger partial charge in [0, 0.05) is 40.9 Å². The van der Waals surface area contributed by atoms with Crippen molar-refractivity contribution in [1.82, 2.24) is 34.5 Å². The monoisotopic (exact) mass is 862 g/mol. The van der Waals surface area contributed by atoms with E-state index in [0.29, 0.717) is 30.4 Å². The van der Waals surface area contributed by atoms with Gasteiger partial charge in [0.1, 0.15) is 34.3 Å². The van der Waals surface area contributed by atoms with E-state index in [1.165, 1.54) is 11.3 Å². The molecule has 316 valence electrons. The second-order valence-electron chi connectivity index (χ2n) is 17.5. The summed E-state index contributed by atoms with van der Waals surface area (Å²) in [4.78, 5) is 59.5. The lowest BCUT2D eigenvalue weighted by Gasteiger charge is -2.30. The molecule has 14 nitrogen and oxygen atoms in total. The number of carbonyl (C=O) groups excluding carboxylic acids is 3. The quantitative estimate of drug-likeness (QED) is 0.142. The van der Waals surface area contributed by atoms with Gasteiger partial charge in [0.25, 0.3) is 11.9 Å². The van der Waals surface area contributed by atoms with E-state index in [9.17, 15) is 22.8 Å². The predicted octanol–water partition coefficient (Wildman–Crippen LogP) is 6.93. The number of hydrogen-bond donors (Lipinski definition) is 3. The zero-order valence-corrected chi connectivity index (χ0v) is 36.9. The van der Waals surface area contributed by atoms with Crippen LogP contribution in [-0.4, -0.2) is 85.6 Å². The van der Waals surface area contributed by atoms with Gasteiger partial charge in [-0.2, -0.15) is 4.98 Å². The van der Waals surface area contributed by atoms with Crippen molar-refractivity contribution >= 4 is 66.6 Å². The van der Waals surface area contributed by atoms with Crippen LogP contribution in [0.5, 0.6) is 6.01 Å². The SMILES string of the molecule is CC1=CCCCCCC(Nc2nccs2)C(=O)N2CC(Oc3nc4c(-c5nc(C(C)C)cs5)cccc4n3C(C)C)CC2C(=O)NC2(C(=O)NS(=O)(=O)C3(C)CC3)CC12. The highest BCUT2D eigenvalue weighted by Crippen LogP contribution is 2.50. The molecule has 0 radical (unpaired) electrons. The van der Waals surface area contributed by atoms with E-state index in [1.54, 1.807) is 29.4 Å². The van der Waals surface area contributed by atoms with Crippen molar-refractivity contribution in [3.8, 4) is 16.6 Å². The molecule has 3 N–H and O–H groups in total. The highest BCUT2D eigenvalue weighted by atomic mass is 32.2. The molecule has 8 rings (SSSR count). The van der Waals surface area contributed by atoms with Crippen LogP contribution in [0.1, 0.15) is 117 Å². The number of imidazole rings is 1. The molecule has 0 spiro atoms. The Morgan fingerprint density at radius 3 is 2.58 bits per heavy atom. The smallest absolute Gasteiger partial charge is 0.297 e. The maximum absolute atomic E-state index is 14.8. The number of ether oxygens (including phenoxy) is 1. The van der Waals surface area contributed by atoms with Gasteiger partial charge in [0.05, 0.1) is 22.5 Å². The Balaban J connectivity index is 1.14. The summed E-state index contributed by atoms with van der Waals surface area (Å²) in [6.07, 6.45) is 8.28. The summed E-state index contributed by atoms with van der Waals surface area (Å²) in [7, 11) is -3.98. The fraction of sp³-hybridized carbons (Fsp3) is 0.571. The third kappa shape index (κ3) is 8.01. The largest absolute Gasteiger partial charge is 0.459 e. The highest BCUT2D eigenvalue weighted by molar-refractivity contribution is 7.91. The average molecular weight is 863 g/mol. The van der Waals surface area contributed by atoms with E-state index < -0.39 is 50.3 Å². The molecule has 0 bridgehead atoms. The van der Waals surface area contributed by atoms with Gasteiger partial charge >= 0.3 is 0 Å². The van der Waals surface area contributed by atoms with Gasteiger partial charge in [-0.25, -0.2) is 18.4 Å².